The topological polar surface area (TPSA) is 70.8 Å². The predicted molar refractivity (Wildman–Crippen MR) is 55.1 cm³/mol. The summed E-state index contributed by atoms with van der Waals surface area (Å²) in [4.78, 5) is 24.1. The van der Waals surface area contributed by atoms with Gasteiger partial charge in [-0.15, -0.1) is 0 Å². The van der Waals surface area contributed by atoms with E-state index in [1.807, 2.05) is 0 Å². The van der Waals surface area contributed by atoms with Gasteiger partial charge in [0.15, 0.2) is 0 Å². The zero-order valence-corrected chi connectivity index (χ0v) is 8.97. The second-order valence-corrected chi connectivity index (χ2v) is 3.95. The number of amides is 1. The van der Waals surface area contributed by atoms with Crippen molar-refractivity contribution in [1.82, 2.24) is 4.90 Å². The van der Waals surface area contributed by atoms with Crippen molar-refractivity contribution in [3.63, 3.8) is 0 Å². The number of nitrogens with zero attached hydrogens (tertiary/aromatic N) is 1. The Balaban J connectivity index is 2.17. The van der Waals surface area contributed by atoms with Gasteiger partial charge in [0.1, 0.15) is 12.3 Å². The molecule has 0 saturated heterocycles. The van der Waals surface area contributed by atoms with Crippen LogP contribution >= 0.6 is 0 Å². The van der Waals surface area contributed by atoms with Gasteiger partial charge in [-0.3, -0.25) is 9.59 Å². The zero-order chi connectivity index (χ0) is 11.7. The smallest absolute Gasteiger partial charge is 0.323 e. The summed E-state index contributed by atoms with van der Waals surface area (Å²) in [5.41, 5.74) is 0.452. The first-order chi connectivity index (χ1) is 7.59. The average Bonchev–Trinajstić information content (AvgIpc) is 2.97. The van der Waals surface area contributed by atoms with E-state index in [-0.39, 0.29) is 18.5 Å². The highest BCUT2D eigenvalue weighted by molar-refractivity contribution is 5.97. The van der Waals surface area contributed by atoms with E-state index in [2.05, 4.69) is 0 Å². The lowest BCUT2D eigenvalue weighted by atomic mass is 10.2. The molecule has 1 aliphatic carbocycles. The minimum absolute atomic E-state index is 0.0814. The van der Waals surface area contributed by atoms with Crippen molar-refractivity contribution >= 4 is 11.9 Å². The van der Waals surface area contributed by atoms with Gasteiger partial charge in [0, 0.05) is 6.04 Å². The second kappa shape index (κ2) is 4.00. The Kier molecular flexibility index (Phi) is 2.68. The molecule has 0 radical (unpaired) electrons. The van der Waals surface area contributed by atoms with Gasteiger partial charge >= 0.3 is 5.97 Å². The number of aliphatic carboxylic acids is 1. The number of hydrogen-bond acceptors (Lipinski definition) is 3. The third-order valence-electron chi connectivity index (χ3n) is 2.64. The van der Waals surface area contributed by atoms with Gasteiger partial charge < -0.3 is 14.4 Å². The van der Waals surface area contributed by atoms with E-state index in [4.69, 9.17) is 9.52 Å². The van der Waals surface area contributed by atoms with Crippen LogP contribution in [0.1, 0.15) is 29.0 Å². The molecular weight excluding hydrogens is 210 g/mol. The fourth-order valence-electron chi connectivity index (χ4n) is 1.66. The van der Waals surface area contributed by atoms with Crippen LogP contribution in [0.5, 0.6) is 0 Å². The Morgan fingerprint density at radius 2 is 2.25 bits per heavy atom. The van der Waals surface area contributed by atoms with Crippen molar-refractivity contribution < 1.29 is 19.1 Å². The van der Waals surface area contributed by atoms with Crippen LogP contribution in [0, 0.1) is 6.92 Å². The Morgan fingerprint density at radius 3 is 2.69 bits per heavy atom. The van der Waals surface area contributed by atoms with Gasteiger partial charge in [0.05, 0.1) is 11.8 Å². The van der Waals surface area contributed by atoms with E-state index in [9.17, 15) is 9.59 Å². The van der Waals surface area contributed by atoms with Crippen LogP contribution in [0.4, 0.5) is 0 Å². The van der Waals surface area contributed by atoms with Crippen molar-refractivity contribution in [2.24, 2.45) is 0 Å². The van der Waals surface area contributed by atoms with E-state index < -0.39 is 5.97 Å². The van der Waals surface area contributed by atoms with Crippen LogP contribution in [0.15, 0.2) is 16.7 Å². The van der Waals surface area contributed by atoms with Crippen LogP contribution in [0.2, 0.25) is 0 Å². The van der Waals surface area contributed by atoms with Gasteiger partial charge in [-0.05, 0) is 25.8 Å². The molecular formula is C11H13NO4. The number of hydrogen-bond donors (Lipinski definition) is 1. The quantitative estimate of drug-likeness (QED) is 0.834. The van der Waals surface area contributed by atoms with E-state index in [1.165, 1.54) is 11.2 Å². The SMILES string of the molecule is Cc1occc1C(=O)N(CC(=O)O)C1CC1. The Bertz CT molecular complexity index is 419. The molecule has 5 heteroatoms. The first kappa shape index (κ1) is 10.7. The third-order valence-corrected chi connectivity index (χ3v) is 2.64. The molecule has 1 aromatic rings. The van der Waals surface area contributed by atoms with Crippen molar-refractivity contribution in [2.75, 3.05) is 6.54 Å². The molecule has 5 nitrogen and oxygen atoms in total. The monoisotopic (exact) mass is 223 g/mol. The molecule has 0 spiro atoms. The highest BCUT2D eigenvalue weighted by Gasteiger charge is 2.35. The number of furan rings is 1. The highest BCUT2D eigenvalue weighted by Crippen LogP contribution is 2.28. The van der Waals surface area contributed by atoms with Crippen LogP contribution in [-0.4, -0.2) is 34.5 Å². The molecule has 1 amide bonds. The maximum Gasteiger partial charge on any atom is 0.323 e. The molecule has 0 bridgehead atoms. The first-order valence-corrected chi connectivity index (χ1v) is 5.16. The summed E-state index contributed by atoms with van der Waals surface area (Å²) in [6, 6.07) is 1.66. The molecule has 1 aromatic heterocycles. The fourth-order valence-corrected chi connectivity index (χ4v) is 1.66. The molecule has 86 valence electrons. The summed E-state index contributed by atoms with van der Waals surface area (Å²) in [5.74, 6) is -0.710. The lowest BCUT2D eigenvalue weighted by molar-refractivity contribution is -0.137. The summed E-state index contributed by atoms with van der Waals surface area (Å²) in [7, 11) is 0. The maximum atomic E-state index is 12.0. The molecule has 0 unspecified atom stereocenters. The van der Waals surface area contributed by atoms with Crippen molar-refractivity contribution in [3.05, 3.63) is 23.7 Å². The van der Waals surface area contributed by atoms with Crippen molar-refractivity contribution in [2.45, 2.75) is 25.8 Å². The summed E-state index contributed by atoms with van der Waals surface area (Å²) >= 11 is 0. The molecule has 1 saturated carbocycles. The molecule has 1 heterocycles. The number of rotatable bonds is 4. The molecule has 1 aliphatic rings. The Labute approximate surface area is 92.7 Å². The van der Waals surface area contributed by atoms with Gasteiger partial charge in [0.25, 0.3) is 5.91 Å². The number of carboxylic acid groups (broad SMARTS) is 1. The molecule has 16 heavy (non-hydrogen) atoms. The van der Waals surface area contributed by atoms with Crippen LogP contribution < -0.4 is 0 Å². The molecule has 1 N–H and O–H groups in total. The summed E-state index contributed by atoms with van der Waals surface area (Å²) in [6.07, 6.45) is 3.21. The molecule has 1 fully saturated rings. The Morgan fingerprint density at radius 1 is 1.56 bits per heavy atom. The van der Waals surface area contributed by atoms with E-state index in [0.717, 1.165) is 12.8 Å². The highest BCUT2D eigenvalue weighted by atomic mass is 16.4. The maximum absolute atomic E-state index is 12.0. The largest absolute Gasteiger partial charge is 0.480 e. The number of carbonyl (C=O) groups is 2. The van der Waals surface area contributed by atoms with E-state index in [1.54, 1.807) is 13.0 Å². The predicted octanol–water partition coefficient (Wildman–Crippen LogP) is 1.28. The first-order valence-electron chi connectivity index (χ1n) is 5.16. The average molecular weight is 223 g/mol. The van der Waals surface area contributed by atoms with Gasteiger partial charge in [-0.1, -0.05) is 0 Å². The molecule has 2 rings (SSSR count). The lowest BCUT2D eigenvalue weighted by Crippen LogP contribution is -2.37. The number of carboxylic acids is 1. The third kappa shape index (κ3) is 2.08. The second-order valence-electron chi connectivity index (χ2n) is 3.95. The van der Waals surface area contributed by atoms with Crippen LogP contribution in [0.25, 0.3) is 0 Å². The standard InChI is InChI=1S/C11H13NO4/c1-7-9(4-5-16-7)11(15)12(6-10(13)14)8-2-3-8/h4-5,8H,2-3,6H2,1H3,(H,13,14). The van der Waals surface area contributed by atoms with Gasteiger partial charge in [0.2, 0.25) is 0 Å². The van der Waals surface area contributed by atoms with Crippen LogP contribution in [0.3, 0.4) is 0 Å². The van der Waals surface area contributed by atoms with Gasteiger partial charge in [-0.2, -0.15) is 0 Å². The summed E-state index contributed by atoms with van der Waals surface area (Å²) in [5, 5.41) is 8.76. The van der Waals surface area contributed by atoms with Crippen molar-refractivity contribution in [3.8, 4) is 0 Å². The van der Waals surface area contributed by atoms with E-state index >= 15 is 0 Å². The summed E-state index contributed by atoms with van der Waals surface area (Å²) < 4.78 is 5.05. The van der Waals surface area contributed by atoms with Crippen LogP contribution in [-0.2, 0) is 4.79 Å². The summed E-state index contributed by atoms with van der Waals surface area (Å²) in [6.45, 7) is 1.45. The molecule has 0 aliphatic heterocycles. The number of aryl methyl sites for hydroxylation is 1. The van der Waals surface area contributed by atoms with Gasteiger partial charge in [-0.25, -0.2) is 0 Å². The van der Waals surface area contributed by atoms with Crippen molar-refractivity contribution in [1.29, 1.82) is 0 Å². The fraction of sp³-hybridized carbons (Fsp3) is 0.455. The number of carbonyl (C=O) groups excluding carboxylic acids is 1. The van der Waals surface area contributed by atoms with E-state index in [0.29, 0.717) is 11.3 Å². The minimum Gasteiger partial charge on any atom is -0.480 e. The lowest BCUT2D eigenvalue weighted by Gasteiger charge is -2.19. The minimum atomic E-state index is -0.985. The Hall–Kier alpha value is -1.78. The normalized spacial score (nSPS) is 14.8. The molecule has 0 aromatic carbocycles. The zero-order valence-electron chi connectivity index (χ0n) is 8.97. The molecule has 0 atom stereocenters.